The predicted octanol–water partition coefficient (Wildman–Crippen LogP) is 3.42. The Labute approximate surface area is 125 Å². The Bertz CT molecular complexity index is 568. The molecule has 0 aromatic heterocycles. The van der Waals surface area contributed by atoms with Crippen LogP contribution in [0.2, 0.25) is 0 Å². The third-order valence-electron chi connectivity index (χ3n) is 5.04. The summed E-state index contributed by atoms with van der Waals surface area (Å²) in [5, 5.41) is 0. The van der Waals surface area contributed by atoms with E-state index in [1.54, 1.807) is 6.07 Å². The Morgan fingerprint density at radius 3 is 2.10 bits per heavy atom. The van der Waals surface area contributed by atoms with Gasteiger partial charge < -0.3 is 9.31 Å². The fourth-order valence-electron chi connectivity index (χ4n) is 2.67. The average molecular weight is 294 g/mol. The van der Waals surface area contributed by atoms with E-state index in [9.17, 15) is 8.78 Å². The molecule has 1 aliphatic heterocycles. The predicted molar refractivity (Wildman–Crippen MR) is 79.2 cm³/mol. The minimum absolute atomic E-state index is 0.0567. The molecule has 1 atom stereocenters. The lowest BCUT2D eigenvalue weighted by molar-refractivity contribution is 0.00578. The van der Waals surface area contributed by atoms with Crippen LogP contribution in [0.4, 0.5) is 8.78 Å². The highest BCUT2D eigenvalue weighted by molar-refractivity contribution is 6.62. The van der Waals surface area contributed by atoms with Gasteiger partial charge in [-0.2, -0.15) is 0 Å². The maximum atomic E-state index is 13.3. The molecule has 3 rings (SSSR count). The number of aryl methyl sites for hydroxylation is 1. The lowest BCUT2D eigenvalue weighted by Gasteiger charge is -2.32. The van der Waals surface area contributed by atoms with Crippen LogP contribution in [0.1, 0.15) is 51.2 Å². The third kappa shape index (κ3) is 2.40. The zero-order chi connectivity index (χ0) is 15.6. The lowest BCUT2D eigenvalue weighted by atomic mass is 9.75. The van der Waals surface area contributed by atoms with Gasteiger partial charge in [0.05, 0.1) is 17.1 Å². The van der Waals surface area contributed by atoms with Gasteiger partial charge in [-0.3, -0.25) is 0 Å². The minimum Gasteiger partial charge on any atom is -0.399 e. The van der Waals surface area contributed by atoms with Crippen LogP contribution in [0.5, 0.6) is 0 Å². The number of halogens is 2. The van der Waals surface area contributed by atoms with Crippen molar-refractivity contribution in [1.82, 2.24) is 0 Å². The van der Waals surface area contributed by atoms with E-state index in [2.05, 4.69) is 0 Å². The van der Waals surface area contributed by atoms with Gasteiger partial charge in [-0.15, -0.1) is 0 Å². The van der Waals surface area contributed by atoms with E-state index in [1.165, 1.54) is 0 Å². The summed E-state index contributed by atoms with van der Waals surface area (Å²) in [6, 6.07) is 5.49. The van der Waals surface area contributed by atoms with Crippen LogP contribution in [0.25, 0.3) is 0 Å². The van der Waals surface area contributed by atoms with E-state index in [1.807, 2.05) is 46.8 Å². The summed E-state index contributed by atoms with van der Waals surface area (Å²) < 4.78 is 38.6. The van der Waals surface area contributed by atoms with Crippen molar-refractivity contribution >= 4 is 12.6 Å². The molecule has 1 aromatic rings. The molecular weight excluding hydrogens is 273 g/mol. The second kappa shape index (κ2) is 4.29. The van der Waals surface area contributed by atoms with E-state index in [0.29, 0.717) is 5.56 Å². The SMILES string of the molecule is Cc1ccc(C2CC2(F)F)cc1B1OC(C)(C)C(C)(C)O1. The number of alkyl halides is 2. The summed E-state index contributed by atoms with van der Waals surface area (Å²) in [5.74, 6) is -3.21. The molecule has 1 saturated heterocycles. The van der Waals surface area contributed by atoms with Gasteiger partial charge in [0.15, 0.2) is 0 Å². The first-order chi connectivity index (χ1) is 9.53. The highest BCUT2D eigenvalue weighted by Crippen LogP contribution is 2.55. The summed E-state index contributed by atoms with van der Waals surface area (Å²) in [7, 11) is -0.498. The average Bonchev–Trinajstić information content (AvgIpc) is 2.90. The molecule has 5 heteroatoms. The van der Waals surface area contributed by atoms with Gasteiger partial charge in [0.25, 0.3) is 5.92 Å². The van der Waals surface area contributed by atoms with Crippen LogP contribution < -0.4 is 5.46 Å². The van der Waals surface area contributed by atoms with Gasteiger partial charge in [-0.25, -0.2) is 8.78 Å². The second-order valence-electron chi connectivity index (χ2n) is 7.22. The van der Waals surface area contributed by atoms with Crippen LogP contribution in [0.3, 0.4) is 0 Å². The van der Waals surface area contributed by atoms with Gasteiger partial charge in [0.1, 0.15) is 0 Å². The molecule has 2 aliphatic rings. The van der Waals surface area contributed by atoms with Crippen molar-refractivity contribution in [2.24, 2.45) is 0 Å². The number of rotatable bonds is 2. The summed E-state index contributed by atoms with van der Waals surface area (Å²) in [6.45, 7) is 9.90. The molecule has 0 spiro atoms. The molecule has 21 heavy (non-hydrogen) atoms. The molecule has 0 radical (unpaired) electrons. The Hall–Kier alpha value is -0.935. The Kier molecular flexibility index (Phi) is 3.06. The molecule has 2 nitrogen and oxygen atoms in total. The third-order valence-corrected chi connectivity index (χ3v) is 5.04. The first kappa shape index (κ1) is 15.0. The summed E-state index contributed by atoms with van der Waals surface area (Å²) >= 11 is 0. The molecule has 1 saturated carbocycles. The molecule has 114 valence electrons. The maximum Gasteiger partial charge on any atom is 0.495 e. The van der Waals surface area contributed by atoms with Crippen molar-refractivity contribution in [3.8, 4) is 0 Å². The molecule has 0 amide bonds. The Morgan fingerprint density at radius 1 is 1.10 bits per heavy atom. The topological polar surface area (TPSA) is 18.5 Å². The number of hydrogen-bond donors (Lipinski definition) is 0. The van der Waals surface area contributed by atoms with E-state index >= 15 is 0 Å². The van der Waals surface area contributed by atoms with Crippen molar-refractivity contribution in [3.05, 3.63) is 29.3 Å². The molecule has 2 fully saturated rings. The van der Waals surface area contributed by atoms with Crippen LogP contribution in [0, 0.1) is 6.92 Å². The van der Waals surface area contributed by atoms with Crippen molar-refractivity contribution in [2.75, 3.05) is 0 Å². The molecular formula is C16H21BF2O2. The summed E-state index contributed by atoms with van der Waals surface area (Å²) in [6.07, 6.45) is -0.0567. The monoisotopic (exact) mass is 294 g/mol. The lowest BCUT2D eigenvalue weighted by Crippen LogP contribution is -2.41. The molecule has 0 N–H and O–H groups in total. The van der Waals surface area contributed by atoms with Gasteiger partial charge in [0.2, 0.25) is 0 Å². The molecule has 1 unspecified atom stereocenters. The second-order valence-corrected chi connectivity index (χ2v) is 7.22. The molecule has 1 aliphatic carbocycles. The first-order valence-corrected chi connectivity index (χ1v) is 7.37. The van der Waals surface area contributed by atoms with E-state index in [4.69, 9.17) is 9.31 Å². The van der Waals surface area contributed by atoms with E-state index < -0.39 is 30.2 Å². The molecule has 1 heterocycles. The van der Waals surface area contributed by atoms with Crippen LogP contribution in [-0.4, -0.2) is 24.2 Å². The fourth-order valence-corrected chi connectivity index (χ4v) is 2.67. The summed E-state index contributed by atoms with van der Waals surface area (Å²) in [4.78, 5) is 0. The minimum atomic E-state index is -2.55. The highest BCUT2D eigenvalue weighted by atomic mass is 19.3. The fraction of sp³-hybridized carbons (Fsp3) is 0.625. The number of hydrogen-bond acceptors (Lipinski definition) is 2. The maximum absolute atomic E-state index is 13.3. The van der Waals surface area contributed by atoms with Crippen LogP contribution in [0.15, 0.2) is 18.2 Å². The zero-order valence-electron chi connectivity index (χ0n) is 13.2. The van der Waals surface area contributed by atoms with Gasteiger partial charge in [-0.1, -0.05) is 23.8 Å². The number of benzene rings is 1. The van der Waals surface area contributed by atoms with E-state index in [-0.39, 0.29) is 6.42 Å². The molecule has 1 aromatic carbocycles. The van der Waals surface area contributed by atoms with Crippen LogP contribution in [-0.2, 0) is 9.31 Å². The van der Waals surface area contributed by atoms with E-state index in [0.717, 1.165) is 11.0 Å². The highest BCUT2D eigenvalue weighted by Gasteiger charge is 2.58. The Balaban J connectivity index is 1.91. The van der Waals surface area contributed by atoms with Gasteiger partial charge >= 0.3 is 7.12 Å². The first-order valence-electron chi connectivity index (χ1n) is 7.37. The zero-order valence-corrected chi connectivity index (χ0v) is 13.2. The quantitative estimate of drug-likeness (QED) is 0.778. The van der Waals surface area contributed by atoms with Crippen molar-refractivity contribution in [2.45, 2.75) is 64.1 Å². The van der Waals surface area contributed by atoms with Crippen molar-refractivity contribution < 1.29 is 18.1 Å². The Morgan fingerprint density at radius 2 is 1.62 bits per heavy atom. The summed E-state index contributed by atoms with van der Waals surface area (Å²) in [5.41, 5.74) is 1.68. The normalized spacial score (nSPS) is 28.7. The smallest absolute Gasteiger partial charge is 0.399 e. The van der Waals surface area contributed by atoms with Gasteiger partial charge in [-0.05, 0) is 45.6 Å². The van der Waals surface area contributed by atoms with Gasteiger partial charge in [0, 0.05) is 6.42 Å². The largest absolute Gasteiger partial charge is 0.495 e. The standard InChI is InChI=1S/C16H21BF2O2/c1-10-6-7-11(12-9-16(12,18)19)8-13(10)17-20-14(2,3)15(4,5)21-17/h6-8,12H,9H2,1-5H3. The van der Waals surface area contributed by atoms with Crippen LogP contribution >= 0.6 is 0 Å². The molecule has 0 bridgehead atoms. The van der Waals surface area contributed by atoms with Crippen molar-refractivity contribution in [3.63, 3.8) is 0 Å². The van der Waals surface area contributed by atoms with Crippen molar-refractivity contribution in [1.29, 1.82) is 0 Å².